The van der Waals surface area contributed by atoms with Crippen molar-refractivity contribution in [3.8, 4) is 16.9 Å². The molecule has 23 heavy (non-hydrogen) atoms. The molecule has 0 heterocycles. The van der Waals surface area contributed by atoms with Crippen LogP contribution in [-0.4, -0.2) is 17.4 Å². The fraction of sp³-hybridized carbons (Fsp3) is 0.0625. The number of para-hydroxylation sites is 1. The van der Waals surface area contributed by atoms with Gasteiger partial charge in [0.25, 0.3) is 0 Å². The minimum atomic E-state index is -4.88. The van der Waals surface area contributed by atoms with Crippen LogP contribution in [0.3, 0.4) is 0 Å². The smallest absolute Gasteiger partial charge is 0.478 e. The Kier molecular flexibility index (Phi) is 4.68. The number of rotatable bonds is 4. The first-order chi connectivity index (χ1) is 10.7. The van der Waals surface area contributed by atoms with E-state index in [4.69, 9.17) is 5.11 Å². The quantitative estimate of drug-likeness (QED) is 0.665. The van der Waals surface area contributed by atoms with Crippen LogP contribution in [0.5, 0.6) is 5.75 Å². The summed E-state index contributed by atoms with van der Waals surface area (Å²) in [6, 6.07) is 8.76. The zero-order valence-corrected chi connectivity index (χ0v) is 11.5. The third-order valence-corrected chi connectivity index (χ3v) is 2.76. The van der Waals surface area contributed by atoms with E-state index < -0.39 is 23.9 Å². The molecule has 0 atom stereocenters. The van der Waals surface area contributed by atoms with E-state index in [2.05, 4.69) is 4.74 Å². The molecule has 2 rings (SSSR count). The van der Waals surface area contributed by atoms with Crippen molar-refractivity contribution in [3.63, 3.8) is 0 Å². The van der Waals surface area contributed by atoms with Crippen molar-refractivity contribution < 1.29 is 32.2 Å². The Morgan fingerprint density at radius 1 is 1.13 bits per heavy atom. The van der Waals surface area contributed by atoms with Crippen LogP contribution in [-0.2, 0) is 4.79 Å². The Morgan fingerprint density at radius 2 is 1.83 bits per heavy atom. The summed E-state index contributed by atoms with van der Waals surface area (Å²) in [5.74, 6) is -2.41. The number of hydrogen-bond acceptors (Lipinski definition) is 2. The molecule has 0 aliphatic heterocycles. The number of carbonyl (C=O) groups is 1. The summed E-state index contributed by atoms with van der Waals surface area (Å²) < 4.78 is 54.9. The lowest BCUT2D eigenvalue weighted by Crippen LogP contribution is -2.17. The topological polar surface area (TPSA) is 46.5 Å². The van der Waals surface area contributed by atoms with Crippen molar-refractivity contribution in [2.45, 2.75) is 6.36 Å². The Balaban J connectivity index is 2.48. The Labute approximate surface area is 128 Å². The highest BCUT2D eigenvalue weighted by Crippen LogP contribution is 2.34. The molecular weight excluding hydrogens is 316 g/mol. The van der Waals surface area contributed by atoms with Gasteiger partial charge in [-0.25, -0.2) is 9.18 Å². The fourth-order valence-electron chi connectivity index (χ4n) is 1.95. The second-order valence-corrected chi connectivity index (χ2v) is 4.49. The lowest BCUT2D eigenvalue weighted by molar-refractivity contribution is -0.274. The number of carboxylic acids is 1. The molecule has 0 aliphatic rings. The summed E-state index contributed by atoms with van der Waals surface area (Å²) >= 11 is 0. The summed E-state index contributed by atoms with van der Waals surface area (Å²) in [6.45, 7) is 0. The number of aliphatic carboxylic acids is 1. The molecule has 0 fully saturated rings. The standard InChI is InChI=1S/C16H10F4O3/c17-12-8-10(5-6-15(21)22)7-11(9-12)13-3-1-2-4-14(13)23-16(18,19)20/h1-9H,(H,21,22)/b6-5+. The number of carboxylic acid groups (broad SMARTS) is 1. The summed E-state index contributed by atoms with van der Waals surface area (Å²) in [7, 11) is 0. The highest BCUT2D eigenvalue weighted by molar-refractivity contribution is 5.85. The second kappa shape index (κ2) is 6.51. The molecular formula is C16H10F4O3. The van der Waals surface area contributed by atoms with E-state index in [0.29, 0.717) is 0 Å². The van der Waals surface area contributed by atoms with Crippen LogP contribution in [0.2, 0.25) is 0 Å². The van der Waals surface area contributed by atoms with Gasteiger partial charge in [0, 0.05) is 11.6 Å². The summed E-state index contributed by atoms with van der Waals surface area (Å²) in [5.41, 5.74) is 0.369. The molecule has 120 valence electrons. The summed E-state index contributed by atoms with van der Waals surface area (Å²) in [6.07, 6.45) is -2.94. The molecule has 0 saturated carbocycles. The van der Waals surface area contributed by atoms with Gasteiger partial charge in [0.2, 0.25) is 0 Å². The number of alkyl halides is 3. The molecule has 7 heteroatoms. The van der Waals surface area contributed by atoms with Gasteiger partial charge in [-0.1, -0.05) is 18.2 Å². The first-order valence-electron chi connectivity index (χ1n) is 6.31. The Hall–Kier alpha value is -2.83. The maximum atomic E-state index is 13.7. The zero-order chi connectivity index (χ0) is 17.0. The van der Waals surface area contributed by atoms with Gasteiger partial charge in [-0.2, -0.15) is 0 Å². The summed E-state index contributed by atoms with van der Waals surface area (Å²) in [5, 5.41) is 8.58. The predicted octanol–water partition coefficient (Wildman–Crippen LogP) is 4.49. The molecule has 3 nitrogen and oxygen atoms in total. The largest absolute Gasteiger partial charge is 0.573 e. The lowest BCUT2D eigenvalue weighted by Gasteiger charge is -2.13. The van der Waals surface area contributed by atoms with Gasteiger partial charge in [0.1, 0.15) is 11.6 Å². The Bertz CT molecular complexity index is 751. The van der Waals surface area contributed by atoms with E-state index in [1.165, 1.54) is 24.3 Å². The number of halogens is 4. The highest BCUT2D eigenvalue weighted by atomic mass is 19.4. The van der Waals surface area contributed by atoms with Gasteiger partial charge in [0.05, 0.1) is 0 Å². The molecule has 0 aliphatic carbocycles. The summed E-state index contributed by atoms with van der Waals surface area (Å²) in [4.78, 5) is 10.5. The maximum Gasteiger partial charge on any atom is 0.573 e. The van der Waals surface area contributed by atoms with Crippen LogP contribution in [0.25, 0.3) is 17.2 Å². The Morgan fingerprint density at radius 3 is 2.48 bits per heavy atom. The van der Waals surface area contributed by atoms with Gasteiger partial charge >= 0.3 is 12.3 Å². The van der Waals surface area contributed by atoms with Gasteiger partial charge < -0.3 is 9.84 Å². The van der Waals surface area contributed by atoms with Crippen LogP contribution in [0.15, 0.2) is 48.5 Å². The van der Waals surface area contributed by atoms with Crippen molar-refractivity contribution >= 4 is 12.0 Å². The molecule has 2 aromatic carbocycles. The van der Waals surface area contributed by atoms with Gasteiger partial charge in [-0.05, 0) is 41.5 Å². The van der Waals surface area contributed by atoms with Gasteiger partial charge in [0.15, 0.2) is 0 Å². The molecule has 0 radical (unpaired) electrons. The zero-order valence-electron chi connectivity index (χ0n) is 11.5. The van der Waals surface area contributed by atoms with Crippen molar-refractivity contribution in [2.24, 2.45) is 0 Å². The monoisotopic (exact) mass is 326 g/mol. The van der Waals surface area contributed by atoms with Crippen LogP contribution in [0.4, 0.5) is 17.6 Å². The second-order valence-electron chi connectivity index (χ2n) is 4.49. The lowest BCUT2D eigenvalue weighted by atomic mass is 10.0. The predicted molar refractivity (Wildman–Crippen MR) is 75.2 cm³/mol. The highest BCUT2D eigenvalue weighted by Gasteiger charge is 2.32. The fourth-order valence-corrected chi connectivity index (χ4v) is 1.95. The minimum absolute atomic E-state index is 0.0364. The first-order valence-corrected chi connectivity index (χ1v) is 6.31. The van der Waals surface area contributed by atoms with E-state index in [1.807, 2.05) is 0 Å². The van der Waals surface area contributed by atoms with Crippen molar-refractivity contribution in [2.75, 3.05) is 0 Å². The van der Waals surface area contributed by atoms with Crippen LogP contribution in [0.1, 0.15) is 5.56 Å². The van der Waals surface area contributed by atoms with Crippen LogP contribution >= 0.6 is 0 Å². The van der Waals surface area contributed by atoms with E-state index in [-0.39, 0.29) is 16.7 Å². The van der Waals surface area contributed by atoms with Gasteiger partial charge in [-0.15, -0.1) is 13.2 Å². The molecule has 0 spiro atoms. The van der Waals surface area contributed by atoms with Crippen molar-refractivity contribution in [3.05, 3.63) is 59.9 Å². The average molecular weight is 326 g/mol. The molecule has 2 aromatic rings. The molecule has 0 amide bonds. The molecule has 0 aromatic heterocycles. The average Bonchev–Trinajstić information content (AvgIpc) is 2.43. The third kappa shape index (κ3) is 4.84. The SMILES string of the molecule is O=C(O)/C=C/c1cc(F)cc(-c2ccccc2OC(F)(F)F)c1. The van der Waals surface area contributed by atoms with E-state index in [1.54, 1.807) is 0 Å². The molecule has 1 N–H and O–H groups in total. The first kappa shape index (κ1) is 16.5. The number of ether oxygens (including phenoxy) is 1. The molecule has 0 unspecified atom stereocenters. The number of hydrogen-bond donors (Lipinski definition) is 1. The minimum Gasteiger partial charge on any atom is -0.478 e. The van der Waals surface area contributed by atoms with Crippen LogP contribution in [0, 0.1) is 5.82 Å². The van der Waals surface area contributed by atoms with Crippen LogP contribution < -0.4 is 4.74 Å². The van der Waals surface area contributed by atoms with E-state index >= 15 is 0 Å². The van der Waals surface area contributed by atoms with E-state index in [0.717, 1.165) is 30.4 Å². The number of benzene rings is 2. The molecule has 0 saturated heterocycles. The molecule has 0 bridgehead atoms. The van der Waals surface area contributed by atoms with Crippen molar-refractivity contribution in [1.29, 1.82) is 0 Å². The normalized spacial score (nSPS) is 11.7. The van der Waals surface area contributed by atoms with Gasteiger partial charge in [-0.3, -0.25) is 0 Å². The van der Waals surface area contributed by atoms with E-state index in [9.17, 15) is 22.4 Å². The maximum absolute atomic E-state index is 13.7. The van der Waals surface area contributed by atoms with Crippen molar-refractivity contribution in [1.82, 2.24) is 0 Å². The third-order valence-electron chi connectivity index (χ3n) is 2.76.